The van der Waals surface area contributed by atoms with Crippen molar-refractivity contribution in [3.05, 3.63) is 29.3 Å². The number of benzene rings is 1. The van der Waals surface area contributed by atoms with Gasteiger partial charge in [-0.05, 0) is 55.6 Å². The predicted molar refractivity (Wildman–Crippen MR) is 102 cm³/mol. The van der Waals surface area contributed by atoms with Crippen LogP contribution in [0.1, 0.15) is 26.2 Å². The van der Waals surface area contributed by atoms with Crippen molar-refractivity contribution in [2.75, 3.05) is 31.1 Å². The van der Waals surface area contributed by atoms with Gasteiger partial charge in [-0.15, -0.1) is 12.4 Å². The van der Waals surface area contributed by atoms with Gasteiger partial charge in [0.05, 0.1) is 5.92 Å². The third kappa shape index (κ3) is 4.87. The minimum atomic E-state index is -0.279. The molecule has 1 unspecified atom stereocenters. The van der Waals surface area contributed by atoms with Crippen molar-refractivity contribution in [3.8, 4) is 0 Å². The van der Waals surface area contributed by atoms with Gasteiger partial charge in [0, 0.05) is 30.2 Å². The van der Waals surface area contributed by atoms with Crippen molar-refractivity contribution < 1.29 is 9.59 Å². The molecule has 5 nitrogen and oxygen atoms in total. The Morgan fingerprint density at radius 3 is 2.60 bits per heavy atom. The number of hydrogen-bond acceptors (Lipinski definition) is 3. The average molecular weight is 386 g/mol. The lowest BCUT2D eigenvalue weighted by Crippen LogP contribution is -2.44. The van der Waals surface area contributed by atoms with Crippen LogP contribution in [0.25, 0.3) is 0 Å². The standard InChI is InChI=1S/C18H24ClN3O2.ClH/c1-18(6-8-20-9-7-18)12-21-17(24)13-10-16(23)22(11-13)15-4-2-14(19)3-5-15;/h2-5,13,20H,6-12H2,1H3,(H,21,24);1H. The highest BCUT2D eigenvalue weighted by atomic mass is 35.5. The molecule has 2 heterocycles. The van der Waals surface area contributed by atoms with Crippen LogP contribution in [0.4, 0.5) is 5.69 Å². The Bertz CT molecular complexity index is 615. The van der Waals surface area contributed by atoms with Gasteiger partial charge in [-0.25, -0.2) is 0 Å². The van der Waals surface area contributed by atoms with E-state index in [1.165, 1.54) is 0 Å². The maximum atomic E-state index is 12.5. The number of carbonyl (C=O) groups is 2. The highest BCUT2D eigenvalue weighted by Crippen LogP contribution is 2.28. The fourth-order valence-electron chi connectivity index (χ4n) is 3.41. The molecule has 2 amide bonds. The number of hydrogen-bond donors (Lipinski definition) is 2. The Kier molecular flexibility index (Phi) is 6.72. The molecule has 0 radical (unpaired) electrons. The zero-order valence-corrected chi connectivity index (χ0v) is 16.0. The Morgan fingerprint density at radius 1 is 1.32 bits per heavy atom. The number of rotatable bonds is 4. The molecule has 3 rings (SSSR count). The molecular weight excluding hydrogens is 361 g/mol. The molecule has 0 aromatic heterocycles. The van der Waals surface area contributed by atoms with Crippen molar-refractivity contribution in [1.82, 2.24) is 10.6 Å². The van der Waals surface area contributed by atoms with E-state index in [1.807, 2.05) is 12.1 Å². The van der Waals surface area contributed by atoms with Gasteiger partial charge in [-0.1, -0.05) is 18.5 Å². The summed E-state index contributed by atoms with van der Waals surface area (Å²) in [5.41, 5.74) is 0.948. The quantitative estimate of drug-likeness (QED) is 0.837. The molecule has 0 bridgehead atoms. The Labute approximate surface area is 159 Å². The summed E-state index contributed by atoms with van der Waals surface area (Å²) >= 11 is 5.89. The maximum Gasteiger partial charge on any atom is 0.227 e. The van der Waals surface area contributed by atoms with Crippen molar-refractivity contribution in [1.29, 1.82) is 0 Å². The lowest BCUT2D eigenvalue weighted by molar-refractivity contribution is -0.126. The third-order valence-electron chi connectivity index (χ3n) is 5.13. The van der Waals surface area contributed by atoms with Gasteiger partial charge in [-0.3, -0.25) is 9.59 Å². The van der Waals surface area contributed by atoms with Crippen LogP contribution in [-0.2, 0) is 9.59 Å². The SMILES string of the molecule is CC1(CNC(=O)C2CC(=O)N(c3ccc(Cl)cc3)C2)CCNCC1.Cl. The van der Waals surface area contributed by atoms with Gasteiger partial charge in [0.2, 0.25) is 11.8 Å². The second kappa shape index (κ2) is 8.39. The first-order valence-corrected chi connectivity index (χ1v) is 8.89. The largest absolute Gasteiger partial charge is 0.355 e. The van der Waals surface area contributed by atoms with E-state index in [-0.39, 0.29) is 42.0 Å². The molecule has 1 aromatic carbocycles. The number of carbonyl (C=O) groups excluding carboxylic acids is 2. The zero-order valence-electron chi connectivity index (χ0n) is 14.4. The van der Waals surface area contributed by atoms with E-state index in [9.17, 15) is 9.59 Å². The second-order valence-electron chi connectivity index (χ2n) is 7.16. The Morgan fingerprint density at radius 2 is 1.96 bits per heavy atom. The van der Waals surface area contributed by atoms with Crippen LogP contribution in [-0.4, -0.2) is 38.0 Å². The van der Waals surface area contributed by atoms with Gasteiger partial charge in [0.25, 0.3) is 0 Å². The van der Waals surface area contributed by atoms with E-state index in [4.69, 9.17) is 11.6 Å². The second-order valence-corrected chi connectivity index (χ2v) is 7.60. The number of anilines is 1. The maximum absolute atomic E-state index is 12.5. The zero-order chi connectivity index (χ0) is 17.2. The monoisotopic (exact) mass is 385 g/mol. The topological polar surface area (TPSA) is 61.4 Å². The summed E-state index contributed by atoms with van der Waals surface area (Å²) in [6, 6.07) is 7.15. The van der Waals surface area contributed by atoms with Crippen LogP contribution in [0.5, 0.6) is 0 Å². The number of amides is 2. The molecule has 1 atom stereocenters. The van der Waals surface area contributed by atoms with E-state index < -0.39 is 0 Å². The number of piperidine rings is 1. The van der Waals surface area contributed by atoms with E-state index in [1.54, 1.807) is 17.0 Å². The van der Waals surface area contributed by atoms with Crippen molar-refractivity contribution in [2.45, 2.75) is 26.2 Å². The smallest absolute Gasteiger partial charge is 0.227 e. The van der Waals surface area contributed by atoms with Crippen LogP contribution in [0.15, 0.2) is 24.3 Å². The molecule has 1 aromatic rings. The molecule has 7 heteroatoms. The number of nitrogens with zero attached hydrogens (tertiary/aromatic N) is 1. The fourth-order valence-corrected chi connectivity index (χ4v) is 3.53. The number of halogens is 2. The van der Waals surface area contributed by atoms with Crippen molar-refractivity contribution in [2.24, 2.45) is 11.3 Å². The Balaban J connectivity index is 0.00000225. The van der Waals surface area contributed by atoms with Crippen LogP contribution < -0.4 is 15.5 Å². The van der Waals surface area contributed by atoms with Crippen LogP contribution in [0.3, 0.4) is 0 Å². The van der Waals surface area contributed by atoms with Gasteiger partial charge in [0.15, 0.2) is 0 Å². The summed E-state index contributed by atoms with van der Waals surface area (Å²) in [4.78, 5) is 26.4. The predicted octanol–water partition coefficient (Wildman–Crippen LogP) is 2.62. The van der Waals surface area contributed by atoms with Crippen LogP contribution in [0, 0.1) is 11.3 Å². The summed E-state index contributed by atoms with van der Waals surface area (Å²) in [5, 5.41) is 7.05. The van der Waals surface area contributed by atoms with Gasteiger partial charge in [-0.2, -0.15) is 0 Å². The lowest BCUT2D eigenvalue weighted by Gasteiger charge is -2.34. The summed E-state index contributed by atoms with van der Waals surface area (Å²) in [6.07, 6.45) is 2.40. The highest BCUT2D eigenvalue weighted by molar-refractivity contribution is 6.30. The third-order valence-corrected chi connectivity index (χ3v) is 5.39. The van der Waals surface area contributed by atoms with E-state index in [0.29, 0.717) is 18.1 Å². The first-order valence-electron chi connectivity index (χ1n) is 8.51. The van der Waals surface area contributed by atoms with E-state index in [0.717, 1.165) is 31.6 Å². The molecule has 2 fully saturated rings. The first kappa shape index (κ1) is 20.0. The molecule has 2 N–H and O–H groups in total. The molecule has 0 spiro atoms. The molecule has 2 aliphatic heterocycles. The Hall–Kier alpha value is -1.30. The summed E-state index contributed by atoms with van der Waals surface area (Å²) < 4.78 is 0. The first-order chi connectivity index (χ1) is 11.5. The summed E-state index contributed by atoms with van der Waals surface area (Å²) in [6.45, 7) is 5.33. The lowest BCUT2D eigenvalue weighted by atomic mass is 9.81. The van der Waals surface area contributed by atoms with Crippen LogP contribution in [0.2, 0.25) is 5.02 Å². The fraction of sp³-hybridized carbons (Fsp3) is 0.556. The molecule has 0 aliphatic carbocycles. The summed E-state index contributed by atoms with van der Waals surface area (Å²) in [7, 11) is 0. The van der Waals surface area contributed by atoms with Gasteiger partial charge in [0.1, 0.15) is 0 Å². The van der Waals surface area contributed by atoms with Crippen LogP contribution >= 0.6 is 24.0 Å². The minimum absolute atomic E-state index is 0. The average Bonchev–Trinajstić information content (AvgIpc) is 2.96. The molecular formula is C18H25Cl2N3O2. The normalized spacial score (nSPS) is 22.4. The van der Waals surface area contributed by atoms with Gasteiger partial charge >= 0.3 is 0 Å². The van der Waals surface area contributed by atoms with Gasteiger partial charge < -0.3 is 15.5 Å². The van der Waals surface area contributed by atoms with E-state index in [2.05, 4.69) is 17.6 Å². The molecule has 2 aliphatic rings. The molecule has 138 valence electrons. The summed E-state index contributed by atoms with van der Waals surface area (Å²) in [5.74, 6) is -0.302. The van der Waals surface area contributed by atoms with E-state index >= 15 is 0 Å². The van der Waals surface area contributed by atoms with Crippen molar-refractivity contribution in [3.63, 3.8) is 0 Å². The number of nitrogens with one attached hydrogen (secondary N) is 2. The molecule has 25 heavy (non-hydrogen) atoms. The van der Waals surface area contributed by atoms with Crippen molar-refractivity contribution >= 4 is 41.5 Å². The minimum Gasteiger partial charge on any atom is -0.355 e. The highest BCUT2D eigenvalue weighted by Gasteiger charge is 2.36. The molecule has 0 saturated carbocycles. The molecule has 2 saturated heterocycles.